The van der Waals surface area contributed by atoms with Crippen LogP contribution in [-0.4, -0.2) is 34.0 Å². The number of hydrogen-bond acceptors (Lipinski definition) is 3. The molecule has 0 radical (unpaired) electrons. The van der Waals surface area contributed by atoms with Gasteiger partial charge in [0.25, 0.3) is 0 Å². The number of pyridine rings is 1. The van der Waals surface area contributed by atoms with Crippen LogP contribution in [0.25, 0.3) is 11.3 Å². The highest BCUT2D eigenvalue weighted by Gasteiger charge is 2.32. The molecule has 2 aromatic carbocycles. The molecule has 0 saturated carbocycles. The van der Waals surface area contributed by atoms with E-state index in [0.717, 1.165) is 17.5 Å². The maximum atomic E-state index is 14.6. The zero-order valence-corrected chi connectivity index (χ0v) is 15.4. The van der Waals surface area contributed by atoms with Crippen molar-refractivity contribution in [3.05, 3.63) is 89.4 Å². The van der Waals surface area contributed by atoms with Crippen LogP contribution in [-0.2, 0) is 17.8 Å². The number of halogens is 1. The first-order valence-corrected chi connectivity index (χ1v) is 9.31. The van der Waals surface area contributed by atoms with Gasteiger partial charge in [-0.3, -0.25) is 14.7 Å². The number of carboxylic acids is 1. The molecule has 2 heterocycles. The van der Waals surface area contributed by atoms with Crippen LogP contribution in [0.3, 0.4) is 0 Å². The van der Waals surface area contributed by atoms with Crippen molar-refractivity contribution in [1.82, 2.24) is 9.88 Å². The van der Waals surface area contributed by atoms with E-state index in [1.54, 1.807) is 12.3 Å². The van der Waals surface area contributed by atoms with Crippen LogP contribution in [0.4, 0.5) is 4.39 Å². The van der Waals surface area contributed by atoms with Crippen molar-refractivity contribution in [3.8, 4) is 11.3 Å². The van der Waals surface area contributed by atoms with Gasteiger partial charge in [0, 0.05) is 31.4 Å². The highest BCUT2D eigenvalue weighted by Crippen LogP contribution is 2.25. The summed E-state index contributed by atoms with van der Waals surface area (Å²) in [5.74, 6) is -1.38. The number of benzene rings is 2. The van der Waals surface area contributed by atoms with Gasteiger partial charge in [-0.15, -0.1) is 0 Å². The molecule has 0 unspecified atom stereocenters. The van der Waals surface area contributed by atoms with Crippen LogP contribution in [0.1, 0.15) is 16.7 Å². The topological polar surface area (TPSA) is 53.4 Å². The molecule has 142 valence electrons. The zero-order valence-electron chi connectivity index (χ0n) is 15.4. The fraction of sp³-hybridized carbons (Fsp3) is 0.217. The predicted octanol–water partition coefficient (Wildman–Crippen LogP) is 3.99. The molecule has 0 atom stereocenters. The van der Waals surface area contributed by atoms with Crippen LogP contribution >= 0.6 is 0 Å². The van der Waals surface area contributed by atoms with E-state index in [1.807, 2.05) is 41.3 Å². The Morgan fingerprint density at radius 3 is 2.43 bits per heavy atom. The van der Waals surface area contributed by atoms with E-state index in [1.165, 1.54) is 11.6 Å². The third-order valence-electron chi connectivity index (χ3n) is 5.10. The lowest BCUT2D eigenvalue weighted by Crippen LogP contribution is -2.49. The van der Waals surface area contributed by atoms with E-state index in [9.17, 15) is 9.18 Å². The average Bonchev–Trinajstić information content (AvgIpc) is 2.66. The highest BCUT2D eigenvalue weighted by atomic mass is 19.1. The quantitative estimate of drug-likeness (QED) is 0.707. The molecule has 1 fully saturated rings. The molecule has 0 spiro atoms. The Hall–Kier alpha value is -3.05. The molecule has 1 aromatic heterocycles. The minimum absolute atomic E-state index is 0.303. The van der Waals surface area contributed by atoms with Gasteiger partial charge in [-0.2, -0.15) is 0 Å². The summed E-state index contributed by atoms with van der Waals surface area (Å²) in [5.41, 5.74) is 4.21. The third-order valence-corrected chi connectivity index (χ3v) is 5.10. The largest absolute Gasteiger partial charge is 0.481 e. The van der Waals surface area contributed by atoms with Gasteiger partial charge in [-0.05, 0) is 41.3 Å². The lowest BCUT2D eigenvalue weighted by molar-refractivity contribution is -0.147. The predicted molar refractivity (Wildman–Crippen MR) is 105 cm³/mol. The molecule has 0 aliphatic carbocycles. The third kappa shape index (κ3) is 4.10. The normalized spacial score (nSPS) is 14.6. The minimum Gasteiger partial charge on any atom is -0.481 e. The van der Waals surface area contributed by atoms with Crippen LogP contribution < -0.4 is 0 Å². The highest BCUT2D eigenvalue weighted by molar-refractivity contribution is 5.71. The number of aromatic nitrogens is 1. The van der Waals surface area contributed by atoms with Gasteiger partial charge < -0.3 is 5.11 Å². The van der Waals surface area contributed by atoms with Crippen LogP contribution in [0, 0.1) is 11.7 Å². The summed E-state index contributed by atoms with van der Waals surface area (Å²) in [6.45, 7) is 1.59. The van der Waals surface area contributed by atoms with Crippen molar-refractivity contribution in [3.63, 3.8) is 0 Å². The summed E-state index contributed by atoms with van der Waals surface area (Å²) in [5, 5.41) is 8.93. The van der Waals surface area contributed by atoms with Crippen molar-refractivity contribution in [2.75, 3.05) is 13.1 Å². The van der Waals surface area contributed by atoms with Crippen LogP contribution in [0.15, 0.2) is 66.9 Å². The van der Waals surface area contributed by atoms with Crippen molar-refractivity contribution >= 4 is 5.97 Å². The molecule has 1 aliphatic rings. The van der Waals surface area contributed by atoms with Crippen molar-refractivity contribution in [1.29, 1.82) is 0 Å². The van der Waals surface area contributed by atoms with E-state index in [2.05, 4.69) is 17.1 Å². The molecular formula is C23H21FN2O2. The number of rotatable bonds is 6. The summed E-state index contributed by atoms with van der Waals surface area (Å²) >= 11 is 0. The van der Waals surface area contributed by atoms with Gasteiger partial charge in [0.2, 0.25) is 0 Å². The van der Waals surface area contributed by atoms with Gasteiger partial charge >= 0.3 is 5.97 Å². The van der Waals surface area contributed by atoms with Crippen molar-refractivity contribution < 1.29 is 14.3 Å². The molecule has 0 amide bonds. The standard InChI is InChI=1S/C23H21FN2O2/c24-21-11-18(13-26-14-19(15-26)23(27)28)6-8-20(21)22-9-7-17(12-25-22)10-16-4-2-1-3-5-16/h1-9,11-12,19H,10,13-15H2,(H,27,28). The Bertz CT molecular complexity index is 968. The summed E-state index contributed by atoms with van der Waals surface area (Å²) in [6, 6.07) is 19.1. The zero-order chi connectivity index (χ0) is 19.5. The first-order chi connectivity index (χ1) is 13.6. The first-order valence-electron chi connectivity index (χ1n) is 9.31. The first kappa shape index (κ1) is 18.3. The molecule has 4 nitrogen and oxygen atoms in total. The fourth-order valence-electron chi connectivity index (χ4n) is 3.50. The number of carbonyl (C=O) groups is 1. The number of hydrogen-bond donors (Lipinski definition) is 1. The van der Waals surface area contributed by atoms with Crippen LogP contribution in [0.5, 0.6) is 0 Å². The summed E-state index contributed by atoms with van der Waals surface area (Å²) in [6.07, 6.45) is 2.59. The molecule has 4 rings (SSSR count). The number of aliphatic carboxylic acids is 1. The Kier molecular flexibility index (Phi) is 5.17. The Morgan fingerprint density at radius 1 is 1.04 bits per heavy atom. The second-order valence-corrected chi connectivity index (χ2v) is 7.26. The maximum absolute atomic E-state index is 14.6. The van der Waals surface area contributed by atoms with Gasteiger partial charge in [-0.1, -0.05) is 42.5 Å². The molecule has 1 saturated heterocycles. The molecule has 1 aliphatic heterocycles. The number of likely N-dealkylation sites (tertiary alicyclic amines) is 1. The minimum atomic E-state index is -0.764. The van der Waals surface area contributed by atoms with Crippen molar-refractivity contribution in [2.24, 2.45) is 5.92 Å². The molecular weight excluding hydrogens is 355 g/mol. The Labute approximate surface area is 163 Å². The van der Waals surface area contributed by atoms with E-state index >= 15 is 0 Å². The summed E-state index contributed by atoms with van der Waals surface area (Å²) in [4.78, 5) is 17.3. The van der Waals surface area contributed by atoms with E-state index in [0.29, 0.717) is 30.9 Å². The van der Waals surface area contributed by atoms with Gasteiger partial charge in [0.15, 0.2) is 0 Å². The summed E-state index contributed by atoms with van der Waals surface area (Å²) < 4.78 is 14.6. The second-order valence-electron chi connectivity index (χ2n) is 7.26. The Morgan fingerprint density at radius 2 is 1.79 bits per heavy atom. The smallest absolute Gasteiger partial charge is 0.309 e. The van der Waals surface area contributed by atoms with E-state index in [4.69, 9.17) is 5.11 Å². The summed E-state index contributed by atoms with van der Waals surface area (Å²) in [7, 11) is 0. The van der Waals surface area contributed by atoms with Gasteiger partial charge in [0.1, 0.15) is 5.82 Å². The van der Waals surface area contributed by atoms with Gasteiger partial charge in [-0.25, -0.2) is 4.39 Å². The second kappa shape index (κ2) is 7.90. The van der Waals surface area contributed by atoms with E-state index < -0.39 is 5.97 Å². The Balaban J connectivity index is 1.42. The lowest BCUT2D eigenvalue weighted by Gasteiger charge is -2.36. The van der Waals surface area contributed by atoms with E-state index in [-0.39, 0.29) is 11.7 Å². The molecule has 1 N–H and O–H groups in total. The SMILES string of the molecule is O=C(O)C1CN(Cc2ccc(-c3ccc(Cc4ccccc4)cn3)c(F)c2)C1. The van der Waals surface area contributed by atoms with Crippen LogP contribution in [0.2, 0.25) is 0 Å². The lowest BCUT2D eigenvalue weighted by atomic mass is 9.99. The molecule has 28 heavy (non-hydrogen) atoms. The monoisotopic (exact) mass is 376 g/mol. The molecule has 3 aromatic rings. The van der Waals surface area contributed by atoms with Crippen molar-refractivity contribution in [2.45, 2.75) is 13.0 Å². The fourth-order valence-corrected chi connectivity index (χ4v) is 3.50. The molecule has 0 bridgehead atoms. The number of nitrogens with zero attached hydrogens (tertiary/aromatic N) is 2. The maximum Gasteiger partial charge on any atom is 0.309 e. The van der Waals surface area contributed by atoms with Gasteiger partial charge in [0.05, 0.1) is 11.6 Å². The number of carboxylic acid groups (broad SMARTS) is 1. The molecule has 5 heteroatoms. The average molecular weight is 376 g/mol.